The van der Waals surface area contributed by atoms with Crippen LogP contribution in [0.3, 0.4) is 0 Å². The maximum absolute atomic E-state index is 12.4. The van der Waals surface area contributed by atoms with Crippen molar-refractivity contribution in [3.05, 3.63) is 29.8 Å². The topological polar surface area (TPSA) is 24.5 Å². The molecule has 3 nitrogen and oxygen atoms in total. The minimum atomic E-state index is -4.65. The van der Waals surface area contributed by atoms with Gasteiger partial charge in [0.15, 0.2) is 0 Å². The Kier molecular flexibility index (Phi) is 6.10. The lowest BCUT2D eigenvalue weighted by molar-refractivity contribution is -0.275. The number of piperazine rings is 1. The number of halogens is 4. The van der Waals surface area contributed by atoms with Crippen molar-refractivity contribution in [3.63, 3.8) is 0 Å². The predicted molar refractivity (Wildman–Crippen MR) is 73.2 cm³/mol. The lowest BCUT2D eigenvalue weighted by atomic mass is 10.1. The van der Waals surface area contributed by atoms with Gasteiger partial charge in [0.2, 0.25) is 0 Å². The minimum Gasteiger partial charge on any atom is -0.405 e. The van der Waals surface area contributed by atoms with Gasteiger partial charge in [-0.1, -0.05) is 18.2 Å². The molecule has 0 bridgehead atoms. The van der Waals surface area contributed by atoms with Crippen LogP contribution in [0.25, 0.3) is 0 Å². The first kappa shape index (κ1) is 17.1. The average Bonchev–Trinajstić information content (AvgIpc) is 2.38. The predicted octanol–water partition coefficient (Wildman–Crippen LogP) is 2.97. The molecule has 0 aliphatic carbocycles. The molecule has 0 saturated carbocycles. The molecule has 1 N–H and O–H groups in total. The van der Waals surface area contributed by atoms with Gasteiger partial charge in [0.1, 0.15) is 5.75 Å². The van der Waals surface area contributed by atoms with Gasteiger partial charge in [-0.05, 0) is 13.0 Å². The second-order valence-corrected chi connectivity index (χ2v) is 4.55. The van der Waals surface area contributed by atoms with Gasteiger partial charge < -0.3 is 10.1 Å². The Balaban J connectivity index is 0.00000200. The van der Waals surface area contributed by atoms with Gasteiger partial charge in [-0.3, -0.25) is 4.90 Å². The molecule has 1 atom stereocenters. The van der Waals surface area contributed by atoms with Crippen LogP contribution in [-0.4, -0.2) is 37.4 Å². The van der Waals surface area contributed by atoms with E-state index in [1.165, 1.54) is 6.07 Å². The molecule has 0 unspecified atom stereocenters. The highest BCUT2D eigenvalue weighted by atomic mass is 35.5. The summed E-state index contributed by atoms with van der Waals surface area (Å²) in [4.78, 5) is 2.15. The first-order valence-electron chi connectivity index (χ1n) is 6.27. The fraction of sp³-hybridized carbons (Fsp3) is 0.538. The lowest BCUT2D eigenvalue weighted by Crippen LogP contribution is -2.44. The fourth-order valence-corrected chi connectivity index (χ4v) is 2.31. The number of ether oxygens (including phenoxy) is 1. The Bertz CT molecular complexity index is 422. The molecule has 1 saturated heterocycles. The molecule has 1 fully saturated rings. The van der Waals surface area contributed by atoms with E-state index >= 15 is 0 Å². The molecular weight excluding hydrogens is 293 g/mol. The summed E-state index contributed by atoms with van der Waals surface area (Å²) in [7, 11) is 0. The first-order chi connectivity index (χ1) is 8.97. The minimum absolute atomic E-state index is 0. The Morgan fingerprint density at radius 1 is 1.20 bits per heavy atom. The number of nitrogens with zero attached hydrogens (tertiary/aromatic N) is 1. The molecule has 0 spiro atoms. The van der Waals surface area contributed by atoms with Crippen molar-refractivity contribution in [3.8, 4) is 5.75 Å². The van der Waals surface area contributed by atoms with Crippen molar-refractivity contribution in [2.45, 2.75) is 19.3 Å². The maximum Gasteiger partial charge on any atom is 0.573 e. The van der Waals surface area contributed by atoms with Gasteiger partial charge in [-0.25, -0.2) is 0 Å². The van der Waals surface area contributed by atoms with Crippen molar-refractivity contribution in [2.75, 3.05) is 26.2 Å². The van der Waals surface area contributed by atoms with E-state index in [0.29, 0.717) is 5.56 Å². The molecular formula is C13H18ClF3N2O. The Hall–Kier alpha value is -0.980. The molecule has 2 rings (SSSR count). The molecule has 0 amide bonds. The van der Waals surface area contributed by atoms with Gasteiger partial charge in [0.05, 0.1) is 0 Å². The molecule has 114 valence electrons. The number of hydrogen-bond acceptors (Lipinski definition) is 3. The third-order valence-electron chi connectivity index (χ3n) is 3.29. The lowest BCUT2D eigenvalue weighted by Gasteiger charge is -2.33. The van der Waals surface area contributed by atoms with Crippen LogP contribution in [0.5, 0.6) is 5.75 Å². The quantitative estimate of drug-likeness (QED) is 0.929. The summed E-state index contributed by atoms with van der Waals surface area (Å²) in [5.74, 6) is -0.110. The van der Waals surface area contributed by atoms with E-state index in [-0.39, 0.29) is 24.2 Å². The average molecular weight is 311 g/mol. The van der Waals surface area contributed by atoms with Crippen LogP contribution in [0.4, 0.5) is 13.2 Å². The van der Waals surface area contributed by atoms with Gasteiger partial charge in [0.25, 0.3) is 0 Å². The number of nitrogens with one attached hydrogen (secondary N) is 1. The van der Waals surface area contributed by atoms with Crippen molar-refractivity contribution in [1.82, 2.24) is 10.2 Å². The first-order valence-corrected chi connectivity index (χ1v) is 6.27. The summed E-state index contributed by atoms with van der Waals surface area (Å²) in [6, 6.07) is 6.24. The van der Waals surface area contributed by atoms with Crippen molar-refractivity contribution in [2.24, 2.45) is 0 Å². The van der Waals surface area contributed by atoms with E-state index < -0.39 is 6.36 Å². The summed E-state index contributed by atoms with van der Waals surface area (Å²) >= 11 is 0. The number of para-hydroxylation sites is 1. The summed E-state index contributed by atoms with van der Waals surface area (Å²) < 4.78 is 41.2. The third-order valence-corrected chi connectivity index (χ3v) is 3.29. The highest BCUT2D eigenvalue weighted by Crippen LogP contribution is 2.32. The van der Waals surface area contributed by atoms with Crippen molar-refractivity contribution < 1.29 is 17.9 Å². The van der Waals surface area contributed by atoms with Crippen LogP contribution < -0.4 is 10.1 Å². The van der Waals surface area contributed by atoms with Crippen LogP contribution in [0, 0.1) is 0 Å². The molecule has 1 aliphatic rings. The largest absolute Gasteiger partial charge is 0.573 e. The van der Waals surface area contributed by atoms with E-state index in [0.717, 1.165) is 26.2 Å². The zero-order valence-corrected chi connectivity index (χ0v) is 11.9. The Morgan fingerprint density at radius 2 is 1.80 bits per heavy atom. The van der Waals surface area contributed by atoms with Gasteiger partial charge in [0, 0.05) is 37.8 Å². The van der Waals surface area contributed by atoms with Crippen LogP contribution in [-0.2, 0) is 0 Å². The second-order valence-electron chi connectivity index (χ2n) is 4.55. The van der Waals surface area contributed by atoms with E-state index in [9.17, 15) is 13.2 Å². The number of alkyl halides is 3. The highest BCUT2D eigenvalue weighted by molar-refractivity contribution is 5.85. The normalized spacial score (nSPS) is 18.2. The molecule has 0 radical (unpaired) electrons. The fourth-order valence-electron chi connectivity index (χ4n) is 2.31. The van der Waals surface area contributed by atoms with Crippen LogP contribution in [0.15, 0.2) is 24.3 Å². The van der Waals surface area contributed by atoms with Crippen LogP contribution in [0.2, 0.25) is 0 Å². The molecule has 0 aromatic heterocycles. The molecule has 1 heterocycles. The van der Waals surface area contributed by atoms with Crippen molar-refractivity contribution in [1.29, 1.82) is 0 Å². The molecule has 7 heteroatoms. The maximum atomic E-state index is 12.4. The number of rotatable bonds is 3. The summed E-state index contributed by atoms with van der Waals surface area (Å²) in [5, 5.41) is 3.22. The molecule has 1 aliphatic heterocycles. The van der Waals surface area contributed by atoms with Gasteiger partial charge in [-0.15, -0.1) is 25.6 Å². The number of hydrogen-bond donors (Lipinski definition) is 1. The SMILES string of the molecule is C[C@H](c1ccccc1OC(F)(F)F)N1CCNCC1.Cl. The molecule has 20 heavy (non-hydrogen) atoms. The zero-order chi connectivity index (χ0) is 13.9. The molecule has 1 aromatic carbocycles. The summed E-state index contributed by atoms with van der Waals surface area (Å²) in [6.07, 6.45) is -4.65. The van der Waals surface area contributed by atoms with Gasteiger partial charge >= 0.3 is 6.36 Å². The summed E-state index contributed by atoms with van der Waals surface area (Å²) in [6.45, 7) is 5.26. The monoisotopic (exact) mass is 310 g/mol. The van der Waals surface area contributed by atoms with E-state index in [1.54, 1.807) is 18.2 Å². The molecule has 1 aromatic rings. The Labute approximate surface area is 122 Å². The van der Waals surface area contributed by atoms with Crippen LogP contribution in [0.1, 0.15) is 18.5 Å². The van der Waals surface area contributed by atoms with Crippen molar-refractivity contribution >= 4 is 12.4 Å². The smallest absolute Gasteiger partial charge is 0.405 e. The van der Waals surface area contributed by atoms with Gasteiger partial charge in [-0.2, -0.15) is 0 Å². The van der Waals surface area contributed by atoms with E-state index in [2.05, 4.69) is 15.0 Å². The Morgan fingerprint density at radius 3 is 2.40 bits per heavy atom. The van der Waals surface area contributed by atoms with E-state index in [1.807, 2.05) is 6.92 Å². The second kappa shape index (κ2) is 7.15. The number of benzene rings is 1. The zero-order valence-electron chi connectivity index (χ0n) is 11.1. The summed E-state index contributed by atoms with van der Waals surface area (Å²) in [5.41, 5.74) is 0.571. The highest BCUT2D eigenvalue weighted by Gasteiger charge is 2.33. The third kappa shape index (κ3) is 4.54. The standard InChI is InChI=1S/C13H17F3N2O.ClH/c1-10(18-8-6-17-7-9-18)11-4-2-3-5-12(11)19-13(14,15)16;/h2-5,10,17H,6-9H2,1H3;1H/t10-;/m1./s1. The van der Waals surface area contributed by atoms with E-state index in [4.69, 9.17) is 0 Å². The van der Waals surface area contributed by atoms with Crippen LogP contribution >= 0.6 is 12.4 Å².